The predicted molar refractivity (Wildman–Crippen MR) is 76.8 cm³/mol. The fraction of sp³-hybridized carbons (Fsp3) is 0.429. The summed E-state index contributed by atoms with van der Waals surface area (Å²) in [5.74, 6) is 0.133. The van der Waals surface area contributed by atoms with Crippen LogP contribution in [0.5, 0.6) is 5.75 Å². The van der Waals surface area contributed by atoms with E-state index in [2.05, 4.69) is 24.1 Å². The molecule has 2 aliphatic rings. The van der Waals surface area contributed by atoms with Crippen molar-refractivity contribution >= 4 is 24.0 Å². The third kappa shape index (κ3) is 2.88. The quantitative estimate of drug-likeness (QED) is 0.773. The average Bonchev–Trinajstić information content (AvgIpc) is 2.58. The largest absolute Gasteiger partial charge is 0.490 e. The lowest BCUT2D eigenvalue weighted by molar-refractivity contribution is 0.0749. The molecule has 2 nitrogen and oxygen atoms in total. The van der Waals surface area contributed by atoms with Gasteiger partial charge < -0.3 is 4.74 Å². The first-order chi connectivity index (χ1) is 8.63. The lowest BCUT2D eigenvalue weighted by Gasteiger charge is -2.36. The van der Waals surface area contributed by atoms with Gasteiger partial charge in [-0.25, -0.2) is 4.39 Å². The minimum Gasteiger partial charge on any atom is -0.490 e. The Kier molecular flexibility index (Phi) is 4.39. The molecule has 0 radical (unpaired) electrons. The molecule has 2 aliphatic heterocycles. The predicted octanol–water partition coefficient (Wildman–Crippen LogP) is 3.68. The molecule has 1 aromatic carbocycles. The van der Waals surface area contributed by atoms with Crippen LogP contribution < -0.4 is 4.74 Å². The van der Waals surface area contributed by atoms with Gasteiger partial charge in [-0.15, -0.1) is 12.4 Å². The van der Waals surface area contributed by atoms with E-state index in [1.54, 1.807) is 6.07 Å². The van der Waals surface area contributed by atoms with Gasteiger partial charge in [0.1, 0.15) is 17.7 Å². The molecule has 19 heavy (non-hydrogen) atoms. The summed E-state index contributed by atoms with van der Waals surface area (Å²) < 4.78 is 19.2. The molecule has 2 bridgehead atoms. The van der Waals surface area contributed by atoms with Crippen molar-refractivity contribution in [3.8, 4) is 5.75 Å². The van der Waals surface area contributed by atoms with Gasteiger partial charge in [0, 0.05) is 31.0 Å². The van der Waals surface area contributed by atoms with Crippen molar-refractivity contribution in [2.24, 2.45) is 0 Å². The first kappa shape index (κ1) is 14.6. The van der Waals surface area contributed by atoms with Crippen molar-refractivity contribution in [2.75, 3.05) is 7.05 Å². The SMILES string of the molecule is CN1C2C=CC1CC(Oc1ccc(Cl)c(F)c1)C2.Cl. The highest BCUT2D eigenvalue weighted by Gasteiger charge is 2.35. The average molecular weight is 304 g/mol. The second-order valence-corrected chi connectivity index (χ2v) is 5.38. The van der Waals surface area contributed by atoms with Crippen molar-refractivity contribution in [3.63, 3.8) is 0 Å². The van der Waals surface area contributed by atoms with Crippen LogP contribution in [-0.2, 0) is 0 Å². The smallest absolute Gasteiger partial charge is 0.145 e. The minimum atomic E-state index is -0.428. The van der Waals surface area contributed by atoms with Crippen LogP contribution in [0.2, 0.25) is 5.02 Å². The van der Waals surface area contributed by atoms with Gasteiger partial charge in [-0.1, -0.05) is 23.8 Å². The van der Waals surface area contributed by atoms with E-state index in [1.165, 1.54) is 12.1 Å². The van der Waals surface area contributed by atoms with Crippen molar-refractivity contribution in [1.82, 2.24) is 4.90 Å². The van der Waals surface area contributed by atoms with E-state index in [0.717, 1.165) is 12.8 Å². The number of piperidine rings is 1. The third-order valence-corrected chi connectivity index (χ3v) is 4.11. The monoisotopic (exact) mass is 303 g/mol. The fourth-order valence-corrected chi connectivity index (χ4v) is 2.85. The molecule has 0 saturated carbocycles. The van der Waals surface area contributed by atoms with E-state index < -0.39 is 5.82 Å². The van der Waals surface area contributed by atoms with Crippen LogP contribution in [0, 0.1) is 5.82 Å². The lowest BCUT2D eigenvalue weighted by atomic mass is 9.99. The molecule has 2 unspecified atom stereocenters. The molecular formula is C14H16Cl2FNO. The Hall–Kier alpha value is -0.770. The highest BCUT2D eigenvalue weighted by molar-refractivity contribution is 6.30. The van der Waals surface area contributed by atoms with Gasteiger partial charge >= 0.3 is 0 Å². The summed E-state index contributed by atoms with van der Waals surface area (Å²) >= 11 is 5.65. The summed E-state index contributed by atoms with van der Waals surface area (Å²) in [6, 6.07) is 5.51. The molecule has 5 heteroatoms. The van der Waals surface area contributed by atoms with Crippen LogP contribution in [0.4, 0.5) is 4.39 Å². The van der Waals surface area contributed by atoms with Crippen molar-refractivity contribution in [3.05, 3.63) is 41.2 Å². The molecule has 104 valence electrons. The van der Waals surface area contributed by atoms with Crippen LogP contribution in [0.3, 0.4) is 0 Å². The second-order valence-electron chi connectivity index (χ2n) is 4.97. The first-order valence-electron chi connectivity index (χ1n) is 6.15. The minimum absolute atomic E-state index is 0. The maximum absolute atomic E-state index is 13.3. The Bertz CT molecular complexity index is 478. The van der Waals surface area contributed by atoms with Gasteiger partial charge in [-0.3, -0.25) is 4.90 Å². The van der Waals surface area contributed by atoms with Crippen LogP contribution in [0.25, 0.3) is 0 Å². The lowest BCUT2D eigenvalue weighted by Crippen LogP contribution is -2.44. The van der Waals surface area contributed by atoms with Gasteiger partial charge in [0.15, 0.2) is 0 Å². The maximum Gasteiger partial charge on any atom is 0.145 e. The molecule has 0 aliphatic carbocycles. The van der Waals surface area contributed by atoms with E-state index in [9.17, 15) is 4.39 Å². The van der Waals surface area contributed by atoms with Crippen molar-refractivity contribution in [2.45, 2.75) is 31.0 Å². The first-order valence-corrected chi connectivity index (χ1v) is 6.53. The number of nitrogens with zero attached hydrogens (tertiary/aromatic N) is 1. The number of halogens is 3. The third-order valence-electron chi connectivity index (χ3n) is 3.80. The van der Waals surface area contributed by atoms with E-state index in [0.29, 0.717) is 17.8 Å². The zero-order chi connectivity index (χ0) is 12.7. The summed E-state index contributed by atoms with van der Waals surface area (Å²) in [7, 11) is 2.13. The Morgan fingerprint density at radius 2 is 1.89 bits per heavy atom. The maximum atomic E-state index is 13.3. The molecule has 3 rings (SSSR count). The molecule has 0 aromatic heterocycles. The highest BCUT2D eigenvalue weighted by atomic mass is 35.5. The molecule has 2 heterocycles. The fourth-order valence-electron chi connectivity index (χ4n) is 2.74. The molecule has 2 atom stereocenters. The Labute approximate surface area is 123 Å². The Morgan fingerprint density at radius 1 is 1.26 bits per heavy atom. The molecule has 1 fully saturated rings. The van der Waals surface area contributed by atoms with E-state index in [4.69, 9.17) is 16.3 Å². The highest BCUT2D eigenvalue weighted by Crippen LogP contribution is 2.32. The van der Waals surface area contributed by atoms with E-state index in [-0.39, 0.29) is 23.5 Å². The van der Waals surface area contributed by atoms with Gasteiger partial charge in [0.25, 0.3) is 0 Å². The van der Waals surface area contributed by atoms with Crippen molar-refractivity contribution < 1.29 is 9.13 Å². The number of rotatable bonds is 2. The summed E-state index contributed by atoms with van der Waals surface area (Å²) in [6.45, 7) is 0. The number of ether oxygens (including phenoxy) is 1. The number of fused-ring (bicyclic) bond motifs is 2. The molecule has 0 N–H and O–H groups in total. The normalized spacial score (nSPS) is 29.1. The summed E-state index contributed by atoms with van der Waals surface area (Å²) in [5.41, 5.74) is 0. The standard InChI is InChI=1S/C14H15ClFNO.ClH/c1-17-9-2-3-10(17)7-12(6-9)18-11-4-5-13(15)14(16)8-11;/h2-5,8-10,12H,6-7H2,1H3;1H. The van der Waals surface area contributed by atoms with Gasteiger partial charge in [0.2, 0.25) is 0 Å². The number of hydrogen-bond donors (Lipinski definition) is 0. The van der Waals surface area contributed by atoms with Crippen LogP contribution in [0.1, 0.15) is 12.8 Å². The van der Waals surface area contributed by atoms with Crippen LogP contribution in [-0.4, -0.2) is 30.1 Å². The van der Waals surface area contributed by atoms with E-state index in [1.807, 2.05) is 0 Å². The number of hydrogen-bond acceptors (Lipinski definition) is 2. The molecule has 1 aromatic rings. The molecular weight excluding hydrogens is 288 g/mol. The van der Waals surface area contributed by atoms with Crippen LogP contribution in [0.15, 0.2) is 30.4 Å². The van der Waals surface area contributed by atoms with Crippen LogP contribution >= 0.6 is 24.0 Å². The Morgan fingerprint density at radius 3 is 2.47 bits per heavy atom. The van der Waals surface area contributed by atoms with Gasteiger partial charge in [-0.2, -0.15) is 0 Å². The zero-order valence-electron chi connectivity index (χ0n) is 10.6. The second kappa shape index (κ2) is 5.70. The molecule has 0 spiro atoms. The topological polar surface area (TPSA) is 12.5 Å². The Balaban J connectivity index is 0.00000133. The zero-order valence-corrected chi connectivity index (χ0v) is 12.1. The van der Waals surface area contributed by atoms with Crippen molar-refractivity contribution in [1.29, 1.82) is 0 Å². The summed E-state index contributed by atoms with van der Waals surface area (Å²) in [6.07, 6.45) is 6.51. The van der Waals surface area contributed by atoms with Gasteiger partial charge in [-0.05, 0) is 19.2 Å². The van der Waals surface area contributed by atoms with E-state index >= 15 is 0 Å². The molecule has 0 amide bonds. The summed E-state index contributed by atoms with van der Waals surface area (Å²) in [5, 5.41) is 0.132. The number of likely N-dealkylation sites (N-methyl/N-ethyl adjacent to an activating group) is 1. The summed E-state index contributed by atoms with van der Waals surface area (Å²) in [4.78, 5) is 2.35. The number of benzene rings is 1. The molecule has 1 saturated heterocycles. The van der Waals surface area contributed by atoms with Gasteiger partial charge in [0.05, 0.1) is 5.02 Å².